The van der Waals surface area contributed by atoms with Crippen molar-refractivity contribution in [3.8, 4) is 23.0 Å². The first-order valence-corrected chi connectivity index (χ1v) is 11.8. The van der Waals surface area contributed by atoms with Crippen LogP contribution in [0.25, 0.3) is 16.6 Å². The van der Waals surface area contributed by atoms with Gasteiger partial charge in [-0.15, -0.1) is 0 Å². The summed E-state index contributed by atoms with van der Waals surface area (Å²) in [5.74, 6) is -0.218. The number of carbonyl (C=O) groups is 2. The minimum absolute atomic E-state index is 0.0501. The monoisotopic (exact) mass is 520 g/mol. The predicted molar refractivity (Wildman–Crippen MR) is 139 cm³/mol. The van der Waals surface area contributed by atoms with Gasteiger partial charge in [0.25, 0.3) is 0 Å². The van der Waals surface area contributed by atoms with Crippen LogP contribution in [0.3, 0.4) is 0 Å². The average molecular weight is 521 g/mol. The van der Waals surface area contributed by atoms with Crippen molar-refractivity contribution in [2.75, 3.05) is 28.4 Å². The molecule has 0 saturated heterocycles. The Labute approximate surface area is 217 Å². The highest BCUT2D eigenvalue weighted by Crippen LogP contribution is 2.39. The lowest BCUT2D eigenvalue weighted by molar-refractivity contribution is -0.130. The number of ketones is 1. The molecule has 3 aromatic carbocycles. The summed E-state index contributed by atoms with van der Waals surface area (Å²) in [6.45, 7) is 0. The molecule has 0 aliphatic carbocycles. The van der Waals surface area contributed by atoms with Gasteiger partial charge in [0.2, 0.25) is 5.75 Å². The fraction of sp³-hybridized carbons (Fsp3) is 0.185. The van der Waals surface area contributed by atoms with Gasteiger partial charge in [0.15, 0.2) is 17.3 Å². The molecule has 0 atom stereocenters. The molecule has 0 radical (unpaired) electrons. The normalized spacial score (nSPS) is 11.6. The van der Waals surface area contributed by atoms with Gasteiger partial charge in [-0.25, -0.2) is 4.79 Å². The van der Waals surface area contributed by atoms with Crippen molar-refractivity contribution in [2.45, 2.75) is 6.42 Å². The van der Waals surface area contributed by atoms with E-state index in [-0.39, 0.29) is 34.6 Å². The molecule has 1 N–H and O–H groups in total. The molecule has 0 aliphatic heterocycles. The molecule has 0 spiro atoms. The van der Waals surface area contributed by atoms with Crippen LogP contribution in [-0.4, -0.2) is 54.0 Å². The number of rotatable bonds is 10. The van der Waals surface area contributed by atoms with Gasteiger partial charge >= 0.3 is 5.97 Å². The lowest BCUT2D eigenvalue weighted by Gasteiger charge is -2.16. The van der Waals surface area contributed by atoms with Crippen molar-refractivity contribution in [1.29, 1.82) is 0 Å². The number of hydrogen-bond acceptors (Lipinski definition) is 9. The highest BCUT2D eigenvalue weighted by atomic mass is 32.1. The summed E-state index contributed by atoms with van der Waals surface area (Å²) >= 11 is 1.03. The molecular formula is C27H24N2O7S. The topological polar surface area (TPSA) is 117 Å². The summed E-state index contributed by atoms with van der Waals surface area (Å²) in [5.41, 5.74) is 2.40. The molecule has 0 fully saturated rings. The van der Waals surface area contributed by atoms with E-state index in [9.17, 15) is 14.7 Å². The van der Waals surface area contributed by atoms with Gasteiger partial charge in [-0.1, -0.05) is 18.2 Å². The summed E-state index contributed by atoms with van der Waals surface area (Å²) in [6, 6.07) is 15.0. The highest BCUT2D eigenvalue weighted by Gasteiger charge is 2.26. The zero-order valence-corrected chi connectivity index (χ0v) is 21.4. The lowest BCUT2D eigenvalue weighted by atomic mass is 9.89. The number of nitrogens with zero attached hydrogens (tertiary/aromatic N) is 2. The number of ether oxygens (including phenoxy) is 4. The van der Waals surface area contributed by atoms with Gasteiger partial charge in [-0.05, 0) is 47.5 Å². The maximum absolute atomic E-state index is 14.0. The van der Waals surface area contributed by atoms with Crippen LogP contribution in [0.5, 0.6) is 23.0 Å². The Morgan fingerprint density at radius 2 is 1.43 bits per heavy atom. The summed E-state index contributed by atoms with van der Waals surface area (Å²) in [6.07, 6.45) is 0.0501. The zero-order valence-electron chi connectivity index (χ0n) is 20.6. The van der Waals surface area contributed by atoms with E-state index in [4.69, 9.17) is 18.9 Å². The number of benzene rings is 3. The fourth-order valence-electron chi connectivity index (χ4n) is 3.98. The quantitative estimate of drug-likeness (QED) is 0.235. The molecular weight excluding hydrogens is 496 g/mol. The van der Waals surface area contributed by atoms with Crippen LogP contribution in [0, 0.1) is 0 Å². The van der Waals surface area contributed by atoms with Crippen LogP contribution in [0.1, 0.15) is 21.5 Å². The zero-order chi connectivity index (χ0) is 26.5. The van der Waals surface area contributed by atoms with Gasteiger partial charge in [0.05, 0.1) is 45.7 Å². The van der Waals surface area contributed by atoms with E-state index >= 15 is 0 Å². The summed E-state index contributed by atoms with van der Waals surface area (Å²) < 4.78 is 29.8. The molecule has 4 aromatic rings. The third kappa shape index (κ3) is 5.24. The Kier molecular flexibility index (Phi) is 7.69. The average Bonchev–Trinajstić information content (AvgIpc) is 3.39. The third-order valence-corrected chi connectivity index (χ3v) is 6.36. The molecule has 37 heavy (non-hydrogen) atoms. The SMILES string of the molecule is COc1ccc(CC(C(=O)c2cc(OC)c(OC)c(OC)c2)=C(C(=O)O)c2ccc3nsnc3c2)cc1. The van der Waals surface area contributed by atoms with Gasteiger partial charge in [-0.2, -0.15) is 8.75 Å². The summed E-state index contributed by atoms with van der Waals surface area (Å²) in [7, 11) is 5.90. The number of carbonyl (C=O) groups excluding carboxylic acids is 1. The molecule has 9 nitrogen and oxygen atoms in total. The first kappa shape index (κ1) is 25.6. The second-order valence-corrected chi connectivity index (χ2v) is 8.42. The van der Waals surface area contributed by atoms with Gasteiger partial charge in [0, 0.05) is 17.6 Å². The molecule has 1 aromatic heterocycles. The summed E-state index contributed by atoms with van der Waals surface area (Å²) in [5, 5.41) is 10.3. The van der Waals surface area contributed by atoms with E-state index in [0.29, 0.717) is 28.1 Å². The molecule has 1 heterocycles. The Balaban J connectivity index is 1.93. The van der Waals surface area contributed by atoms with Gasteiger partial charge < -0.3 is 24.1 Å². The Bertz CT molecular complexity index is 1470. The number of carboxylic acid groups (broad SMARTS) is 1. The van der Waals surface area contributed by atoms with E-state index in [1.165, 1.54) is 33.5 Å². The minimum atomic E-state index is -1.24. The Morgan fingerprint density at radius 1 is 0.784 bits per heavy atom. The fourth-order valence-corrected chi connectivity index (χ4v) is 4.50. The van der Waals surface area contributed by atoms with Crippen LogP contribution < -0.4 is 18.9 Å². The van der Waals surface area contributed by atoms with Crippen LogP contribution in [0.2, 0.25) is 0 Å². The van der Waals surface area contributed by atoms with Crippen LogP contribution in [0.4, 0.5) is 0 Å². The smallest absolute Gasteiger partial charge is 0.336 e. The largest absolute Gasteiger partial charge is 0.497 e. The van der Waals surface area contributed by atoms with E-state index in [1.807, 2.05) is 0 Å². The molecule has 0 amide bonds. The third-order valence-electron chi connectivity index (χ3n) is 5.80. The van der Waals surface area contributed by atoms with Crippen molar-refractivity contribution in [2.24, 2.45) is 0 Å². The second kappa shape index (κ2) is 11.1. The number of Topliss-reactive ketones (excluding diaryl/α,β-unsaturated/α-hetero) is 1. The lowest BCUT2D eigenvalue weighted by Crippen LogP contribution is -2.14. The van der Waals surface area contributed by atoms with Gasteiger partial charge in [-0.3, -0.25) is 4.79 Å². The molecule has 0 saturated carbocycles. The number of hydrogen-bond donors (Lipinski definition) is 1. The summed E-state index contributed by atoms with van der Waals surface area (Å²) in [4.78, 5) is 26.7. The first-order valence-electron chi connectivity index (χ1n) is 11.1. The maximum atomic E-state index is 14.0. The number of aliphatic carboxylic acids is 1. The number of fused-ring (bicyclic) bond motifs is 1. The second-order valence-electron chi connectivity index (χ2n) is 7.89. The highest BCUT2D eigenvalue weighted by molar-refractivity contribution is 7.00. The van der Waals surface area contributed by atoms with Crippen molar-refractivity contribution in [3.05, 3.63) is 76.9 Å². The van der Waals surface area contributed by atoms with Crippen LogP contribution in [-0.2, 0) is 11.2 Å². The molecule has 0 bridgehead atoms. The number of allylic oxidation sites excluding steroid dienone is 1. The Morgan fingerprint density at radius 3 is 2.00 bits per heavy atom. The molecule has 190 valence electrons. The van der Waals surface area contributed by atoms with Crippen molar-refractivity contribution in [1.82, 2.24) is 8.75 Å². The van der Waals surface area contributed by atoms with E-state index in [0.717, 1.165) is 17.3 Å². The number of aromatic nitrogens is 2. The molecule has 0 aliphatic rings. The van der Waals surface area contributed by atoms with Gasteiger partial charge in [0.1, 0.15) is 16.8 Å². The standard InChI is InChI=1S/C27H24N2O7S/c1-33-18-8-5-15(6-9-18)11-19(24(27(31)32)16-7-10-20-21(12-16)29-37-28-20)25(30)17-13-22(34-2)26(36-4)23(14-17)35-3/h5-10,12-14H,11H2,1-4H3,(H,31,32). The van der Waals surface area contributed by atoms with E-state index in [2.05, 4.69) is 8.75 Å². The number of carboxylic acids is 1. The van der Waals surface area contributed by atoms with Crippen LogP contribution >= 0.6 is 11.7 Å². The maximum Gasteiger partial charge on any atom is 0.336 e. The minimum Gasteiger partial charge on any atom is -0.497 e. The van der Waals surface area contributed by atoms with Crippen molar-refractivity contribution >= 4 is 40.1 Å². The van der Waals surface area contributed by atoms with E-state index in [1.54, 1.807) is 49.6 Å². The molecule has 4 rings (SSSR count). The predicted octanol–water partition coefficient (Wildman–Crippen LogP) is 4.69. The molecule has 10 heteroatoms. The Hall–Kier alpha value is -4.44. The van der Waals surface area contributed by atoms with Crippen molar-refractivity contribution in [3.63, 3.8) is 0 Å². The molecule has 0 unspecified atom stereocenters. The first-order chi connectivity index (χ1) is 17.9. The van der Waals surface area contributed by atoms with Crippen LogP contribution in [0.15, 0.2) is 60.2 Å². The van der Waals surface area contributed by atoms with Crippen molar-refractivity contribution < 1.29 is 33.6 Å². The number of methoxy groups -OCH3 is 4. The van der Waals surface area contributed by atoms with E-state index < -0.39 is 11.8 Å².